The SMILES string of the molecule is O=C(NC[C@](O)([Si])CO)c1c(Nc2ccc(I)cc2F)sc2c1CCCC2. The lowest BCUT2D eigenvalue weighted by Gasteiger charge is -2.21. The highest BCUT2D eigenvalue weighted by atomic mass is 127. The summed E-state index contributed by atoms with van der Waals surface area (Å²) in [6.07, 6.45) is 3.76. The lowest BCUT2D eigenvalue weighted by atomic mass is 9.95. The number of fused-ring (bicyclic) bond motifs is 1. The van der Waals surface area contributed by atoms with Gasteiger partial charge in [0.05, 0.1) is 33.3 Å². The fourth-order valence-corrected chi connectivity index (χ4v) is 4.82. The first-order valence-corrected chi connectivity index (χ1v) is 10.9. The maximum atomic E-state index is 14.3. The molecule has 0 saturated heterocycles. The average Bonchev–Trinajstić information content (AvgIpc) is 3.00. The molecule has 1 aromatic heterocycles. The van der Waals surface area contributed by atoms with E-state index in [0.717, 1.165) is 39.7 Å². The van der Waals surface area contributed by atoms with Crippen molar-refractivity contribution in [3.63, 3.8) is 0 Å². The van der Waals surface area contributed by atoms with Gasteiger partial charge in [0.15, 0.2) is 0 Å². The van der Waals surface area contributed by atoms with Crippen molar-refractivity contribution in [2.45, 2.75) is 30.9 Å². The Bertz CT molecular complexity index is 859. The van der Waals surface area contributed by atoms with Gasteiger partial charge in [0, 0.05) is 15.0 Å². The quantitative estimate of drug-likeness (QED) is 0.351. The third kappa shape index (κ3) is 4.89. The van der Waals surface area contributed by atoms with Crippen LogP contribution in [0.5, 0.6) is 0 Å². The fourth-order valence-electron chi connectivity index (χ4n) is 2.98. The molecule has 0 saturated carbocycles. The Labute approximate surface area is 177 Å². The van der Waals surface area contributed by atoms with Gasteiger partial charge in [-0.3, -0.25) is 4.79 Å². The number of aryl methyl sites for hydroxylation is 1. The van der Waals surface area contributed by atoms with E-state index in [1.54, 1.807) is 12.1 Å². The van der Waals surface area contributed by atoms with Crippen LogP contribution in [0.1, 0.15) is 33.6 Å². The van der Waals surface area contributed by atoms with Gasteiger partial charge in [-0.1, -0.05) is 0 Å². The molecule has 0 spiro atoms. The van der Waals surface area contributed by atoms with E-state index in [4.69, 9.17) is 5.11 Å². The zero-order valence-corrected chi connectivity index (χ0v) is 18.4. The highest BCUT2D eigenvalue weighted by Crippen LogP contribution is 2.40. The summed E-state index contributed by atoms with van der Waals surface area (Å²) in [6.45, 7) is -0.688. The smallest absolute Gasteiger partial charge is 0.254 e. The summed E-state index contributed by atoms with van der Waals surface area (Å²) in [5.74, 6) is -0.734. The molecule has 0 bridgehead atoms. The Morgan fingerprint density at radius 2 is 2.11 bits per heavy atom. The number of carbonyl (C=O) groups excluding carboxylic acids is 1. The zero-order valence-electron chi connectivity index (χ0n) is 14.4. The second-order valence-corrected chi connectivity index (χ2v) is 9.82. The van der Waals surface area contributed by atoms with E-state index >= 15 is 0 Å². The van der Waals surface area contributed by atoms with Crippen molar-refractivity contribution in [3.8, 4) is 0 Å². The minimum atomic E-state index is -1.58. The van der Waals surface area contributed by atoms with Gasteiger partial charge in [-0.2, -0.15) is 0 Å². The summed E-state index contributed by atoms with van der Waals surface area (Å²) in [4.78, 5) is 14.0. The minimum Gasteiger partial charge on any atom is -0.394 e. The number of halogens is 2. The molecule has 1 heterocycles. The third-order valence-electron chi connectivity index (χ3n) is 4.38. The largest absolute Gasteiger partial charge is 0.394 e. The van der Waals surface area contributed by atoms with E-state index in [1.807, 2.05) is 22.6 Å². The summed E-state index contributed by atoms with van der Waals surface area (Å²) < 4.78 is 15.1. The molecular weight excluding hydrogens is 498 g/mol. The van der Waals surface area contributed by atoms with Gasteiger partial charge in [0.2, 0.25) is 0 Å². The molecule has 1 aromatic carbocycles. The van der Waals surface area contributed by atoms with Crippen molar-refractivity contribution < 1.29 is 19.4 Å². The van der Waals surface area contributed by atoms with Crippen LogP contribution in [-0.2, 0) is 12.8 Å². The first-order chi connectivity index (χ1) is 12.8. The second-order valence-electron chi connectivity index (χ2n) is 6.54. The van der Waals surface area contributed by atoms with E-state index in [-0.39, 0.29) is 18.3 Å². The predicted molar refractivity (Wildman–Crippen MR) is 113 cm³/mol. The Morgan fingerprint density at radius 1 is 1.37 bits per heavy atom. The number of aliphatic hydroxyl groups is 2. The van der Waals surface area contributed by atoms with E-state index in [9.17, 15) is 14.3 Å². The minimum absolute atomic E-state index is 0.152. The number of carbonyl (C=O) groups is 1. The molecule has 143 valence electrons. The molecule has 1 aliphatic rings. The van der Waals surface area contributed by atoms with Crippen LogP contribution in [-0.4, -0.2) is 44.7 Å². The van der Waals surface area contributed by atoms with Crippen molar-refractivity contribution in [1.29, 1.82) is 0 Å². The maximum Gasteiger partial charge on any atom is 0.254 e. The molecule has 0 fully saturated rings. The van der Waals surface area contributed by atoms with Gasteiger partial charge in [-0.25, -0.2) is 4.39 Å². The van der Waals surface area contributed by atoms with E-state index < -0.39 is 11.8 Å². The molecule has 3 rings (SSSR count). The number of aliphatic hydroxyl groups excluding tert-OH is 1. The Kier molecular flexibility index (Phi) is 6.57. The second kappa shape index (κ2) is 8.56. The van der Waals surface area contributed by atoms with E-state index in [2.05, 4.69) is 20.9 Å². The summed E-state index contributed by atoms with van der Waals surface area (Å²) in [7, 11) is 3.02. The van der Waals surface area contributed by atoms with Crippen LogP contribution in [0.2, 0.25) is 0 Å². The number of anilines is 2. The third-order valence-corrected chi connectivity index (χ3v) is 6.59. The number of nitrogens with one attached hydrogen (secondary N) is 2. The number of benzene rings is 1. The summed E-state index contributed by atoms with van der Waals surface area (Å²) >= 11 is 3.52. The molecule has 0 aliphatic heterocycles. The topological polar surface area (TPSA) is 81.6 Å². The van der Waals surface area contributed by atoms with Gasteiger partial charge in [-0.05, 0) is 72.0 Å². The van der Waals surface area contributed by atoms with Crippen LogP contribution in [0.3, 0.4) is 0 Å². The number of rotatable bonds is 6. The van der Waals surface area contributed by atoms with Crippen LogP contribution < -0.4 is 10.6 Å². The molecule has 2 aromatic rings. The Balaban J connectivity index is 1.91. The molecule has 1 aliphatic carbocycles. The highest BCUT2D eigenvalue weighted by molar-refractivity contribution is 14.1. The standard InChI is InChI=1S/C18H19FIN2O3SSi/c19-12-7-10(20)5-6-13(12)22-17-15(11-3-1-2-4-14(11)26-17)16(24)21-8-18(25,27)9-23/h5-7,22-23,25H,1-4,8-9H2,(H,21,24)/t18-/m0/s1. The summed E-state index contributed by atoms with van der Waals surface area (Å²) in [5, 5.41) is 23.7. The van der Waals surface area contributed by atoms with Gasteiger partial charge in [0.1, 0.15) is 10.8 Å². The normalized spacial score (nSPS) is 15.7. The van der Waals surface area contributed by atoms with Crippen molar-refractivity contribution in [1.82, 2.24) is 5.32 Å². The molecule has 1 atom stereocenters. The van der Waals surface area contributed by atoms with Crippen LogP contribution in [0.4, 0.5) is 15.1 Å². The molecule has 9 heteroatoms. The first-order valence-electron chi connectivity index (χ1n) is 8.54. The van der Waals surface area contributed by atoms with E-state index in [0.29, 0.717) is 16.3 Å². The maximum absolute atomic E-state index is 14.3. The molecular formula is C18H19FIN2O3SSi. The van der Waals surface area contributed by atoms with Crippen LogP contribution in [0.25, 0.3) is 0 Å². The molecule has 0 unspecified atom stereocenters. The molecule has 4 N–H and O–H groups in total. The fraction of sp³-hybridized carbons (Fsp3) is 0.389. The monoisotopic (exact) mass is 517 g/mol. The molecule has 5 nitrogen and oxygen atoms in total. The average molecular weight is 517 g/mol. The number of hydrogen-bond acceptors (Lipinski definition) is 5. The van der Waals surface area contributed by atoms with Gasteiger partial charge < -0.3 is 20.8 Å². The zero-order chi connectivity index (χ0) is 19.6. The van der Waals surface area contributed by atoms with Crippen LogP contribution in [0, 0.1) is 9.39 Å². The number of thiophene rings is 1. The lowest BCUT2D eigenvalue weighted by Crippen LogP contribution is -2.46. The highest BCUT2D eigenvalue weighted by Gasteiger charge is 2.27. The molecule has 3 radical (unpaired) electrons. The summed E-state index contributed by atoms with van der Waals surface area (Å²) in [6, 6.07) is 4.88. The Morgan fingerprint density at radius 3 is 2.81 bits per heavy atom. The Hall–Kier alpha value is -1.01. The van der Waals surface area contributed by atoms with Crippen molar-refractivity contribution in [3.05, 3.63) is 43.6 Å². The van der Waals surface area contributed by atoms with Crippen LogP contribution in [0.15, 0.2) is 18.2 Å². The lowest BCUT2D eigenvalue weighted by molar-refractivity contribution is 0.0539. The number of hydrogen-bond donors (Lipinski definition) is 4. The number of amides is 1. The van der Waals surface area contributed by atoms with Gasteiger partial charge in [-0.15, -0.1) is 11.3 Å². The van der Waals surface area contributed by atoms with Crippen molar-refractivity contribution in [2.24, 2.45) is 0 Å². The van der Waals surface area contributed by atoms with Crippen molar-refractivity contribution in [2.75, 3.05) is 18.5 Å². The first kappa shape index (κ1) is 20.7. The van der Waals surface area contributed by atoms with Crippen LogP contribution >= 0.6 is 33.9 Å². The summed E-state index contributed by atoms with van der Waals surface area (Å²) in [5.41, 5.74) is 1.79. The molecule has 27 heavy (non-hydrogen) atoms. The van der Waals surface area contributed by atoms with Crippen molar-refractivity contribution >= 4 is 60.8 Å². The van der Waals surface area contributed by atoms with Gasteiger partial charge in [0.25, 0.3) is 5.91 Å². The van der Waals surface area contributed by atoms with E-state index in [1.165, 1.54) is 17.4 Å². The molecule has 1 amide bonds. The van der Waals surface area contributed by atoms with Gasteiger partial charge >= 0.3 is 0 Å². The predicted octanol–water partition coefficient (Wildman–Crippen LogP) is 2.69.